The second kappa shape index (κ2) is 10.0. The van der Waals surface area contributed by atoms with E-state index in [1.54, 1.807) is 0 Å². The van der Waals surface area contributed by atoms with Crippen LogP contribution in [0.3, 0.4) is 0 Å². The summed E-state index contributed by atoms with van der Waals surface area (Å²) in [5, 5.41) is 12.2. The Morgan fingerprint density at radius 1 is 1.17 bits per heavy atom. The molecule has 3 aliphatic rings. The van der Waals surface area contributed by atoms with Crippen molar-refractivity contribution >= 4 is 30.1 Å². The van der Waals surface area contributed by atoms with Gasteiger partial charge in [-0.05, 0) is 67.8 Å². The number of carboxylic acid groups (broad SMARTS) is 1. The predicted molar refractivity (Wildman–Crippen MR) is 121 cm³/mol. The summed E-state index contributed by atoms with van der Waals surface area (Å²) < 4.78 is 0. The minimum absolute atomic E-state index is 0. The van der Waals surface area contributed by atoms with Crippen LogP contribution in [0.25, 0.3) is 0 Å². The zero-order chi connectivity index (χ0) is 20.4. The third-order valence-electron chi connectivity index (χ3n) is 7.20. The maximum absolute atomic E-state index is 12.8. The molecule has 0 bridgehead atoms. The van der Waals surface area contributed by atoms with Crippen molar-refractivity contribution in [2.24, 2.45) is 11.8 Å². The first-order valence-electron chi connectivity index (χ1n) is 11.1. The first-order chi connectivity index (χ1) is 14.0. The summed E-state index contributed by atoms with van der Waals surface area (Å²) in [6, 6.07) is 6.64. The molecule has 1 aromatic carbocycles. The van der Waals surface area contributed by atoms with Crippen LogP contribution < -0.4 is 10.2 Å². The topological polar surface area (TPSA) is 72.9 Å². The van der Waals surface area contributed by atoms with Crippen LogP contribution in [-0.4, -0.2) is 54.7 Å². The fraction of sp³-hybridized carbons (Fsp3) is 0.652. The standard InChI is InChI=1S/C23H33N3O3.ClH/c1-25-12-10-16-6-8-19(14-18(16)11-13-25)26-21(15-24-23(26)29)20-5-3-2-4-17(20)7-9-22(27)28;/h6,8,14,17,20-21H,2-5,7,9-13,15H2,1H3,(H,24,29)(H,27,28);1H/t17-,20+,21?;/m0./s1. The van der Waals surface area contributed by atoms with Gasteiger partial charge in [0.2, 0.25) is 0 Å². The van der Waals surface area contributed by atoms with Gasteiger partial charge >= 0.3 is 12.0 Å². The summed E-state index contributed by atoms with van der Waals surface area (Å²) in [7, 11) is 2.16. The van der Waals surface area contributed by atoms with Gasteiger partial charge in [0.25, 0.3) is 0 Å². The molecule has 7 heteroatoms. The minimum atomic E-state index is -0.720. The minimum Gasteiger partial charge on any atom is -0.481 e. The van der Waals surface area contributed by atoms with Crippen molar-refractivity contribution in [3.63, 3.8) is 0 Å². The number of benzene rings is 1. The van der Waals surface area contributed by atoms with Gasteiger partial charge in [0.15, 0.2) is 0 Å². The van der Waals surface area contributed by atoms with Crippen LogP contribution in [0.5, 0.6) is 0 Å². The zero-order valence-electron chi connectivity index (χ0n) is 17.8. The molecule has 1 saturated heterocycles. The van der Waals surface area contributed by atoms with Crippen LogP contribution in [0.15, 0.2) is 18.2 Å². The molecule has 0 aromatic heterocycles. The molecule has 2 heterocycles. The van der Waals surface area contributed by atoms with Gasteiger partial charge in [-0.1, -0.05) is 25.3 Å². The van der Waals surface area contributed by atoms with E-state index in [0.29, 0.717) is 18.4 Å². The number of fused-ring (bicyclic) bond motifs is 1. The summed E-state index contributed by atoms with van der Waals surface area (Å²) >= 11 is 0. The number of anilines is 1. The predicted octanol–water partition coefficient (Wildman–Crippen LogP) is 3.71. The highest BCUT2D eigenvalue weighted by Gasteiger charge is 2.41. The maximum Gasteiger partial charge on any atom is 0.322 e. The number of urea groups is 1. The third-order valence-corrected chi connectivity index (χ3v) is 7.20. The quantitative estimate of drug-likeness (QED) is 0.739. The van der Waals surface area contributed by atoms with Crippen LogP contribution in [-0.2, 0) is 17.6 Å². The lowest BCUT2D eigenvalue weighted by Gasteiger charge is -2.38. The maximum atomic E-state index is 12.8. The number of carbonyl (C=O) groups is 2. The molecule has 0 radical (unpaired) electrons. The number of nitrogens with one attached hydrogen (secondary N) is 1. The Morgan fingerprint density at radius 3 is 2.67 bits per heavy atom. The van der Waals surface area contributed by atoms with Crippen LogP contribution in [0, 0.1) is 11.8 Å². The molecule has 1 unspecified atom stereocenters. The summed E-state index contributed by atoms with van der Waals surface area (Å²) in [4.78, 5) is 28.2. The van der Waals surface area contributed by atoms with Gasteiger partial charge in [0, 0.05) is 31.7 Å². The van der Waals surface area contributed by atoms with E-state index < -0.39 is 5.97 Å². The number of halogens is 1. The van der Waals surface area contributed by atoms with Crippen LogP contribution >= 0.6 is 12.4 Å². The van der Waals surface area contributed by atoms with E-state index >= 15 is 0 Å². The number of carbonyl (C=O) groups excluding carboxylic acids is 1. The van der Waals surface area contributed by atoms with E-state index in [1.165, 1.54) is 24.0 Å². The normalized spacial score (nSPS) is 27.0. The molecular weight excluding hydrogens is 402 g/mol. The summed E-state index contributed by atoms with van der Waals surface area (Å²) in [6.45, 7) is 2.78. The van der Waals surface area contributed by atoms with Crippen molar-refractivity contribution in [2.75, 3.05) is 31.6 Å². The monoisotopic (exact) mass is 435 g/mol. The number of carboxylic acids is 1. The summed E-state index contributed by atoms with van der Waals surface area (Å²) in [5.74, 6) is 0.0315. The fourth-order valence-corrected chi connectivity index (χ4v) is 5.55. The summed E-state index contributed by atoms with van der Waals surface area (Å²) in [6.07, 6.45) is 7.51. The Morgan fingerprint density at radius 2 is 1.90 bits per heavy atom. The Bertz CT molecular complexity index is 772. The molecule has 6 nitrogen and oxygen atoms in total. The lowest BCUT2D eigenvalue weighted by atomic mass is 9.73. The van der Waals surface area contributed by atoms with Gasteiger partial charge in [-0.25, -0.2) is 4.79 Å². The van der Waals surface area contributed by atoms with Crippen LogP contribution in [0.2, 0.25) is 0 Å². The second-order valence-corrected chi connectivity index (χ2v) is 9.02. The average Bonchev–Trinajstić information content (AvgIpc) is 3.00. The van der Waals surface area contributed by atoms with E-state index in [2.05, 4.69) is 35.5 Å². The largest absolute Gasteiger partial charge is 0.481 e. The van der Waals surface area contributed by atoms with Gasteiger partial charge < -0.3 is 15.3 Å². The van der Waals surface area contributed by atoms with E-state index in [-0.39, 0.29) is 30.9 Å². The number of amides is 2. The van der Waals surface area contributed by atoms with E-state index in [4.69, 9.17) is 5.11 Å². The molecule has 4 rings (SSSR count). The highest BCUT2D eigenvalue weighted by molar-refractivity contribution is 5.95. The van der Waals surface area contributed by atoms with Gasteiger partial charge in [0.1, 0.15) is 0 Å². The molecule has 2 aliphatic heterocycles. The highest BCUT2D eigenvalue weighted by Crippen LogP contribution is 2.39. The number of nitrogens with zero attached hydrogens (tertiary/aromatic N) is 2. The van der Waals surface area contributed by atoms with Crippen molar-refractivity contribution in [1.29, 1.82) is 0 Å². The van der Waals surface area contributed by atoms with E-state index in [9.17, 15) is 9.59 Å². The van der Waals surface area contributed by atoms with Crippen molar-refractivity contribution in [1.82, 2.24) is 10.2 Å². The smallest absolute Gasteiger partial charge is 0.322 e. The molecule has 166 valence electrons. The molecule has 3 atom stereocenters. The molecule has 2 N–H and O–H groups in total. The van der Waals surface area contributed by atoms with Gasteiger partial charge in [-0.2, -0.15) is 0 Å². The molecule has 2 fully saturated rings. The SMILES string of the molecule is CN1CCc2ccc(N3C(=O)NCC3[C@@H]3CCCC[C@H]3CCC(=O)O)cc2CC1.Cl. The van der Waals surface area contributed by atoms with Gasteiger partial charge in [-0.3, -0.25) is 9.69 Å². The van der Waals surface area contributed by atoms with Crippen LogP contribution in [0.1, 0.15) is 49.7 Å². The lowest BCUT2D eigenvalue weighted by Crippen LogP contribution is -2.43. The first-order valence-corrected chi connectivity index (χ1v) is 11.1. The molecule has 0 spiro atoms. The van der Waals surface area contributed by atoms with Crippen molar-refractivity contribution in [3.05, 3.63) is 29.3 Å². The van der Waals surface area contributed by atoms with Crippen LogP contribution in [0.4, 0.5) is 10.5 Å². The number of hydrogen-bond donors (Lipinski definition) is 2. The first kappa shape index (κ1) is 22.9. The molecule has 1 saturated carbocycles. The molecule has 1 aromatic rings. The Balaban J connectivity index is 0.00000256. The summed E-state index contributed by atoms with van der Waals surface area (Å²) in [5.41, 5.74) is 3.75. The molecule has 2 amide bonds. The Kier molecular flexibility index (Phi) is 7.64. The zero-order valence-corrected chi connectivity index (χ0v) is 18.6. The van der Waals surface area contributed by atoms with Crippen molar-refractivity contribution in [3.8, 4) is 0 Å². The van der Waals surface area contributed by atoms with Gasteiger partial charge in [-0.15, -0.1) is 12.4 Å². The molecule has 1 aliphatic carbocycles. The number of aliphatic carboxylic acids is 1. The highest BCUT2D eigenvalue weighted by atomic mass is 35.5. The lowest BCUT2D eigenvalue weighted by molar-refractivity contribution is -0.137. The van der Waals surface area contributed by atoms with E-state index in [1.807, 2.05) is 4.90 Å². The van der Waals surface area contributed by atoms with Gasteiger partial charge in [0.05, 0.1) is 6.04 Å². The van der Waals surface area contributed by atoms with Crippen molar-refractivity contribution < 1.29 is 14.7 Å². The number of rotatable bonds is 5. The second-order valence-electron chi connectivity index (χ2n) is 9.02. The van der Waals surface area contributed by atoms with E-state index in [0.717, 1.165) is 50.9 Å². The van der Waals surface area contributed by atoms with Crippen molar-refractivity contribution in [2.45, 2.75) is 57.4 Å². The fourth-order valence-electron chi connectivity index (χ4n) is 5.55. The third kappa shape index (κ3) is 4.92. The molecule has 30 heavy (non-hydrogen) atoms. The number of likely N-dealkylation sites (N-methyl/N-ethyl adjacent to an activating group) is 1. The average molecular weight is 436 g/mol. The number of hydrogen-bond acceptors (Lipinski definition) is 3. The molecular formula is C23H34ClN3O3. The Hall–Kier alpha value is -1.79. The Labute approximate surface area is 185 Å².